The molecule has 0 radical (unpaired) electrons. The van der Waals surface area contributed by atoms with Crippen molar-refractivity contribution < 1.29 is 44.0 Å². The fourth-order valence-corrected chi connectivity index (χ4v) is 11.2. The quantitative estimate of drug-likeness (QED) is 0.112. The highest BCUT2D eigenvalue weighted by Gasteiger charge is 2.68. The summed E-state index contributed by atoms with van der Waals surface area (Å²) in [5.41, 5.74) is 0.727. The van der Waals surface area contributed by atoms with Gasteiger partial charge >= 0.3 is 5.97 Å². The summed E-state index contributed by atoms with van der Waals surface area (Å²) in [6.07, 6.45) is 2.06. The molecule has 4 heterocycles. The van der Waals surface area contributed by atoms with Gasteiger partial charge < -0.3 is 20.1 Å². The number of carbonyl (C=O) groups is 5. The second-order valence-corrected chi connectivity index (χ2v) is 17.0. The molecule has 2 saturated heterocycles. The Hall–Kier alpha value is -5.99. The molecule has 13 nitrogen and oxygen atoms in total. The number of phenols is 2. The van der Waals surface area contributed by atoms with E-state index in [0.29, 0.717) is 21.9 Å². The number of carboxylic acid groups (broad SMARTS) is 1. The Kier molecular flexibility index (Phi) is 8.60. The van der Waals surface area contributed by atoms with Crippen LogP contribution in [0.3, 0.4) is 0 Å². The second-order valence-electron chi connectivity index (χ2n) is 15.5. The number of aryl methyl sites for hydroxylation is 2. The minimum atomic E-state index is -1.45. The topological polar surface area (TPSA) is 180 Å². The van der Waals surface area contributed by atoms with E-state index in [-0.39, 0.29) is 48.0 Å². The van der Waals surface area contributed by atoms with Crippen LogP contribution in [0.5, 0.6) is 17.2 Å². The van der Waals surface area contributed by atoms with Gasteiger partial charge in [0, 0.05) is 40.4 Å². The summed E-state index contributed by atoms with van der Waals surface area (Å²) < 4.78 is 8.29. The summed E-state index contributed by atoms with van der Waals surface area (Å²) in [7, 11) is 1.67. The Morgan fingerprint density at radius 1 is 1.00 bits per heavy atom. The SMILES string of the molecule is CCOc1cccc(C2C3=CCC4C(=O)N(c5ccc(C(=O)O)c(O)c5)C(=O)C4C3CC3C(=O)N(c4cc(-c5sc6ccc(Cl)cc6c5C)nn4C)C(=O)C32C)c1O. The van der Waals surface area contributed by atoms with Crippen molar-refractivity contribution in [3.63, 3.8) is 0 Å². The van der Waals surface area contributed by atoms with Gasteiger partial charge in [-0.3, -0.25) is 23.9 Å². The number of phenolic OH excluding ortho intramolecular Hbond substituents is 1. The molecule has 5 aromatic rings. The molecule has 0 bridgehead atoms. The highest BCUT2D eigenvalue weighted by molar-refractivity contribution is 7.22. The number of aromatic hydroxyl groups is 2. The number of halogens is 1. The van der Waals surface area contributed by atoms with Crippen LogP contribution in [-0.4, -0.2) is 61.3 Å². The van der Waals surface area contributed by atoms with Crippen LogP contribution < -0.4 is 14.5 Å². The molecular weight excluding hydrogens is 784 g/mol. The average molecular weight is 821 g/mol. The number of anilines is 2. The monoisotopic (exact) mass is 820 g/mol. The summed E-state index contributed by atoms with van der Waals surface area (Å²) in [6.45, 7) is 5.74. The fourth-order valence-electron chi connectivity index (χ4n) is 9.93. The first-order valence-corrected chi connectivity index (χ1v) is 20.1. The maximum absolute atomic E-state index is 15.2. The number of benzene rings is 3. The third kappa shape index (κ3) is 5.20. The molecule has 6 atom stereocenters. The Bertz CT molecular complexity index is 2700. The summed E-state index contributed by atoms with van der Waals surface area (Å²) in [5.74, 6) is -8.11. The van der Waals surface area contributed by atoms with E-state index in [4.69, 9.17) is 21.4 Å². The normalized spacial score (nSPS) is 25.3. The summed E-state index contributed by atoms with van der Waals surface area (Å²) in [5, 5.41) is 38.1. The summed E-state index contributed by atoms with van der Waals surface area (Å²) >= 11 is 7.84. The fraction of sp³-hybridized carbons (Fsp3) is 0.302. The Labute approximate surface area is 340 Å². The van der Waals surface area contributed by atoms with Crippen molar-refractivity contribution in [1.82, 2.24) is 9.78 Å². The van der Waals surface area contributed by atoms with Crippen LogP contribution in [0.15, 0.2) is 72.3 Å². The molecule has 2 aromatic heterocycles. The zero-order chi connectivity index (χ0) is 41.1. The number of imide groups is 2. The smallest absolute Gasteiger partial charge is 0.339 e. The first-order valence-electron chi connectivity index (χ1n) is 18.9. The minimum Gasteiger partial charge on any atom is -0.507 e. The number of hydrogen-bond donors (Lipinski definition) is 3. The molecule has 4 aliphatic rings. The van der Waals surface area contributed by atoms with Gasteiger partial charge in [-0.1, -0.05) is 35.4 Å². The van der Waals surface area contributed by atoms with Gasteiger partial charge in [-0.05, 0) is 86.9 Å². The predicted molar refractivity (Wildman–Crippen MR) is 215 cm³/mol. The lowest BCUT2D eigenvalue weighted by atomic mass is 9.51. The number of para-hydroxylation sites is 1. The number of ether oxygens (including phenoxy) is 1. The number of aromatic carboxylic acids is 1. The molecule has 0 spiro atoms. The van der Waals surface area contributed by atoms with Gasteiger partial charge in [-0.2, -0.15) is 5.10 Å². The van der Waals surface area contributed by atoms with Crippen molar-refractivity contribution in [3.8, 4) is 27.8 Å². The number of carboxylic acids is 1. The van der Waals surface area contributed by atoms with E-state index in [1.165, 1.54) is 27.0 Å². The lowest BCUT2D eigenvalue weighted by molar-refractivity contribution is -0.131. The van der Waals surface area contributed by atoms with Gasteiger partial charge in [-0.15, -0.1) is 11.3 Å². The standard InChI is InChI=1S/C43H37ClN4O9S/c1-5-57-31-8-6-7-25(36(31)50)35-22-12-13-24-34(40(53)47(38(24)51)21-10-11-23(41(54)55)30(49)16-21)27(22)17-28-39(52)48(42(56)43(28,35)3)33-18-29(45-46(33)4)37-19(2)26-15-20(44)9-14-32(26)58-37/h6-12,14-16,18,24,27-28,34-35,49-50H,5,13,17H2,1-4H3,(H,54,55). The third-order valence-corrected chi connectivity index (χ3v) is 14.1. The van der Waals surface area contributed by atoms with Crippen LogP contribution in [0.1, 0.15) is 54.1 Å². The molecule has 6 unspecified atom stereocenters. The van der Waals surface area contributed by atoms with E-state index in [0.717, 1.165) is 37.6 Å². The number of amides is 4. The second kappa shape index (κ2) is 13.3. The highest BCUT2D eigenvalue weighted by atomic mass is 35.5. The lowest BCUT2D eigenvalue weighted by Crippen LogP contribution is -2.49. The number of thiophene rings is 1. The van der Waals surface area contributed by atoms with Gasteiger partial charge in [0.15, 0.2) is 11.5 Å². The molecule has 296 valence electrons. The van der Waals surface area contributed by atoms with Gasteiger partial charge in [0.1, 0.15) is 22.8 Å². The zero-order valence-electron chi connectivity index (χ0n) is 31.7. The van der Waals surface area contributed by atoms with Crippen molar-refractivity contribution >= 4 is 74.1 Å². The van der Waals surface area contributed by atoms with E-state index >= 15 is 4.79 Å². The van der Waals surface area contributed by atoms with E-state index in [1.807, 2.05) is 31.2 Å². The van der Waals surface area contributed by atoms with E-state index < -0.39 is 70.4 Å². The van der Waals surface area contributed by atoms with Crippen LogP contribution in [0.25, 0.3) is 20.7 Å². The Balaban J connectivity index is 1.16. The molecule has 3 fully saturated rings. The van der Waals surface area contributed by atoms with Gasteiger partial charge in [0.05, 0.1) is 40.3 Å². The molecule has 9 rings (SSSR count). The Morgan fingerprint density at radius 3 is 2.50 bits per heavy atom. The lowest BCUT2D eigenvalue weighted by Gasteiger charge is -2.49. The Morgan fingerprint density at radius 2 is 1.78 bits per heavy atom. The molecule has 3 aromatic carbocycles. The number of fused-ring (bicyclic) bond motifs is 5. The number of carbonyl (C=O) groups excluding carboxylic acids is 4. The molecule has 2 aliphatic carbocycles. The molecule has 1 saturated carbocycles. The molecule has 58 heavy (non-hydrogen) atoms. The maximum Gasteiger partial charge on any atom is 0.339 e. The van der Waals surface area contributed by atoms with E-state index in [9.17, 15) is 34.5 Å². The number of allylic oxidation sites excluding steroid dienone is 2. The van der Waals surface area contributed by atoms with Crippen molar-refractivity contribution in [2.75, 3.05) is 16.4 Å². The van der Waals surface area contributed by atoms with Gasteiger partial charge in [0.25, 0.3) is 0 Å². The van der Waals surface area contributed by atoms with Crippen molar-refractivity contribution in [2.45, 2.75) is 39.5 Å². The predicted octanol–water partition coefficient (Wildman–Crippen LogP) is 7.21. The van der Waals surface area contributed by atoms with Crippen LogP contribution in [0, 0.1) is 36.0 Å². The van der Waals surface area contributed by atoms with Crippen LogP contribution in [-0.2, 0) is 26.2 Å². The number of nitrogens with zero attached hydrogens (tertiary/aromatic N) is 4. The van der Waals surface area contributed by atoms with Crippen LogP contribution >= 0.6 is 22.9 Å². The highest BCUT2D eigenvalue weighted by Crippen LogP contribution is 2.65. The number of rotatable bonds is 7. The van der Waals surface area contributed by atoms with Crippen molar-refractivity contribution in [1.29, 1.82) is 0 Å². The molecular formula is C43H37ClN4O9S. The minimum absolute atomic E-state index is 0.0231. The van der Waals surface area contributed by atoms with E-state index in [1.54, 1.807) is 45.2 Å². The number of hydrogen-bond acceptors (Lipinski definition) is 10. The summed E-state index contributed by atoms with van der Waals surface area (Å²) in [4.78, 5) is 73.3. The molecule has 2 aliphatic heterocycles. The van der Waals surface area contributed by atoms with Crippen LogP contribution in [0.4, 0.5) is 11.5 Å². The first kappa shape index (κ1) is 37.6. The molecule has 15 heteroatoms. The van der Waals surface area contributed by atoms with Crippen molar-refractivity contribution in [2.24, 2.45) is 36.1 Å². The van der Waals surface area contributed by atoms with Gasteiger partial charge in [-0.25, -0.2) is 14.6 Å². The average Bonchev–Trinajstić information content (AvgIpc) is 3.86. The first-order chi connectivity index (χ1) is 27.7. The van der Waals surface area contributed by atoms with Crippen LogP contribution in [0.2, 0.25) is 5.02 Å². The zero-order valence-corrected chi connectivity index (χ0v) is 33.3. The number of aromatic nitrogens is 2. The third-order valence-electron chi connectivity index (χ3n) is 12.6. The molecule has 3 N–H and O–H groups in total. The van der Waals surface area contributed by atoms with Crippen molar-refractivity contribution in [3.05, 3.63) is 94.0 Å². The van der Waals surface area contributed by atoms with E-state index in [2.05, 4.69) is 0 Å². The maximum atomic E-state index is 15.2. The largest absolute Gasteiger partial charge is 0.507 e. The molecule has 4 amide bonds. The van der Waals surface area contributed by atoms with Gasteiger partial charge in [0.2, 0.25) is 23.6 Å². The summed E-state index contributed by atoms with van der Waals surface area (Å²) in [6, 6.07) is 15.9.